The van der Waals surface area contributed by atoms with E-state index in [0.717, 1.165) is 16.7 Å². The molecule has 0 amide bonds. The molecule has 36 heavy (non-hydrogen) atoms. The summed E-state index contributed by atoms with van der Waals surface area (Å²) in [6.07, 6.45) is 3.17. The molecule has 0 aliphatic carbocycles. The van der Waals surface area contributed by atoms with Crippen molar-refractivity contribution in [3.63, 3.8) is 0 Å². The van der Waals surface area contributed by atoms with Crippen molar-refractivity contribution in [2.75, 3.05) is 20.0 Å². The topological polar surface area (TPSA) is 99.1 Å². The minimum Gasteiger partial charge on any atom is -0.496 e. The van der Waals surface area contributed by atoms with Gasteiger partial charge in [-0.2, -0.15) is 0 Å². The van der Waals surface area contributed by atoms with Crippen LogP contribution in [-0.2, 0) is 21.9 Å². The first-order chi connectivity index (χ1) is 17.4. The number of carbonyl (C=O) groups is 3. The van der Waals surface area contributed by atoms with Gasteiger partial charge in [0.25, 0.3) is 0 Å². The number of ketones is 1. The van der Waals surface area contributed by atoms with Crippen LogP contribution in [0.2, 0.25) is 0 Å². The Labute approximate surface area is 213 Å². The van der Waals surface area contributed by atoms with E-state index in [1.165, 1.54) is 32.1 Å². The van der Waals surface area contributed by atoms with Crippen molar-refractivity contribution in [3.8, 4) is 11.5 Å². The summed E-state index contributed by atoms with van der Waals surface area (Å²) in [6, 6.07) is 19.4. The highest BCUT2D eigenvalue weighted by Gasteiger charge is 2.11. The third-order valence-corrected chi connectivity index (χ3v) is 6.12. The molecule has 8 heteroatoms. The zero-order valence-electron chi connectivity index (χ0n) is 19.9. The Kier molecular flexibility index (Phi) is 9.71. The first-order valence-corrected chi connectivity index (χ1v) is 12.1. The highest BCUT2D eigenvalue weighted by atomic mass is 32.2. The van der Waals surface area contributed by atoms with Crippen molar-refractivity contribution >= 4 is 35.6 Å². The molecule has 0 bridgehead atoms. The van der Waals surface area contributed by atoms with Crippen LogP contribution in [0.15, 0.2) is 72.8 Å². The SMILES string of the molecule is COC(=O)c1ccc(COc2ccccc2C=CC(=O)c2ccc(OC)c(CSCC(=O)O)c2)cc1. The number of methoxy groups -OCH3 is 2. The van der Waals surface area contributed by atoms with Gasteiger partial charge in [-0.15, -0.1) is 11.8 Å². The lowest BCUT2D eigenvalue weighted by Crippen LogP contribution is -2.02. The highest BCUT2D eigenvalue weighted by Crippen LogP contribution is 2.26. The molecule has 0 unspecified atom stereocenters. The molecular weight excluding hydrogens is 480 g/mol. The summed E-state index contributed by atoms with van der Waals surface area (Å²) in [4.78, 5) is 35.2. The molecule has 0 aliphatic heterocycles. The van der Waals surface area contributed by atoms with Gasteiger partial charge in [-0.25, -0.2) is 4.79 Å². The largest absolute Gasteiger partial charge is 0.496 e. The summed E-state index contributed by atoms with van der Waals surface area (Å²) in [6.45, 7) is 0.288. The summed E-state index contributed by atoms with van der Waals surface area (Å²) in [5.74, 6) is 0.102. The van der Waals surface area contributed by atoms with Gasteiger partial charge in [0.2, 0.25) is 0 Å². The number of hydrogen-bond donors (Lipinski definition) is 1. The molecule has 3 rings (SSSR count). The van der Waals surface area contributed by atoms with Crippen LogP contribution >= 0.6 is 11.8 Å². The number of carboxylic acid groups (broad SMARTS) is 1. The molecule has 1 N–H and O–H groups in total. The van der Waals surface area contributed by atoms with Crippen molar-refractivity contribution < 1.29 is 33.7 Å². The van der Waals surface area contributed by atoms with Crippen LogP contribution < -0.4 is 9.47 Å². The Morgan fingerprint density at radius 3 is 2.33 bits per heavy atom. The van der Waals surface area contributed by atoms with E-state index < -0.39 is 11.9 Å². The van der Waals surface area contributed by atoms with Crippen LogP contribution in [0, 0.1) is 0 Å². The van der Waals surface area contributed by atoms with Crippen LogP contribution in [0.4, 0.5) is 0 Å². The molecule has 0 saturated heterocycles. The number of ether oxygens (including phenoxy) is 3. The molecule has 3 aromatic carbocycles. The second-order valence-corrected chi connectivity index (χ2v) is 8.61. The van der Waals surface area contributed by atoms with Crippen LogP contribution in [0.3, 0.4) is 0 Å². The number of aliphatic carboxylic acids is 1. The lowest BCUT2D eigenvalue weighted by atomic mass is 10.1. The van der Waals surface area contributed by atoms with E-state index >= 15 is 0 Å². The Balaban J connectivity index is 1.69. The van der Waals surface area contributed by atoms with Crippen molar-refractivity contribution in [2.45, 2.75) is 12.4 Å². The number of esters is 1. The minimum absolute atomic E-state index is 0.0343. The number of allylic oxidation sites excluding steroid dienone is 1. The molecule has 0 heterocycles. The zero-order chi connectivity index (χ0) is 25.9. The van der Waals surface area contributed by atoms with Crippen LogP contribution in [0.25, 0.3) is 6.08 Å². The summed E-state index contributed by atoms with van der Waals surface area (Å²) in [5, 5.41) is 8.86. The second-order valence-electron chi connectivity index (χ2n) is 7.63. The molecule has 0 radical (unpaired) electrons. The van der Waals surface area contributed by atoms with Gasteiger partial charge in [0.05, 0.1) is 25.5 Å². The number of benzene rings is 3. The lowest BCUT2D eigenvalue weighted by molar-refractivity contribution is -0.133. The van der Waals surface area contributed by atoms with Gasteiger partial charge in [-0.05, 0) is 54.1 Å². The maximum atomic E-state index is 12.8. The number of carboxylic acids is 1. The predicted octanol–water partition coefficient (Wildman–Crippen LogP) is 5.27. The van der Waals surface area contributed by atoms with Crippen molar-refractivity contribution in [2.24, 2.45) is 0 Å². The first-order valence-electron chi connectivity index (χ1n) is 11.0. The molecule has 0 saturated carbocycles. The number of rotatable bonds is 12. The fraction of sp³-hybridized carbons (Fsp3) is 0.179. The molecule has 3 aromatic rings. The normalized spacial score (nSPS) is 10.7. The van der Waals surface area contributed by atoms with E-state index in [9.17, 15) is 14.4 Å². The van der Waals surface area contributed by atoms with Gasteiger partial charge >= 0.3 is 11.9 Å². The third-order valence-electron chi connectivity index (χ3n) is 5.15. The van der Waals surface area contributed by atoms with Gasteiger partial charge in [-0.3, -0.25) is 9.59 Å². The molecule has 7 nitrogen and oxygen atoms in total. The standard InChI is InChI=1S/C28H26O7S/c1-33-25-14-12-22(15-23(25)17-36-18-27(30)31)24(29)13-11-20-5-3-4-6-26(20)35-16-19-7-9-21(10-8-19)28(32)34-2/h3-15H,16-18H2,1-2H3,(H,30,31). The zero-order valence-corrected chi connectivity index (χ0v) is 20.7. The average Bonchev–Trinajstić information content (AvgIpc) is 2.90. The average molecular weight is 507 g/mol. The van der Waals surface area contributed by atoms with Crippen LogP contribution in [0.5, 0.6) is 11.5 Å². The Morgan fingerprint density at radius 1 is 0.917 bits per heavy atom. The van der Waals surface area contributed by atoms with Crippen LogP contribution in [0.1, 0.15) is 37.4 Å². The molecule has 0 aliphatic rings. The fourth-order valence-corrected chi connectivity index (χ4v) is 4.04. The fourth-order valence-electron chi connectivity index (χ4n) is 3.32. The molecule has 0 fully saturated rings. The third kappa shape index (κ3) is 7.48. The Hall–Kier alpha value is -4.04. The van der Waals surface area contributed by atoms with Gasteiger partial charge < -0.3 is 19.3 Å². The van der Waals surface area contributed by atoms with E-state index in [2.05, 4.69) is 0 Å². The summed E-state index contributed by atoms with van der Waals surface area (Å²) >= 11 is 1.24. The first kappa shape index (κ1) is 26.6. The summed E-state index contributed by atoms with van der Waals surface area (Å²) in [5.41, 5.74) is 3.31. The molecule has 186 valence electrons. The second kappa shape index (κ2) is 13.2. The van der Waals surface area contributed by atoms with E-state index in [-0.39, 0.29) is 18.1 Å². The quantitative estimate of drug-likeness (QED) is 0.201. The number of thioether (sulfide) groups is 1. The number of hydrogen-bond acceptors (Lipinski definition) is 7. The lowest BCUT2D eigenvalue weighted by Gasteiger charge is -2.10. The van der Waals surface area contributed by atoms with Gasteiger partial charge in [0.15, 0.2) is 5.78 Å². The molecule has 0 spiro atoms. The minimum atomic E-state index is -0.895. The smallest absolute Gasteiger partial charge is 0.337 e. The molecular formula is C28H26O7S. The maximum absolute atomic E-state index is 12.8. The van der Waals surface area contributed by atoms with Crippen molar-refractivity contribution in [1.29, 1.82) is 0 Å². The van der Waals surface area contributed by atoms with E-state index in [4.69, 9.17) is 19.3 Å². The Morgan fingerprint density at radius 2 is 1.64 bits per heavy atom. The monoisotopic (exact) mass is 506 g/mol. The summed E-state index contributed by atoms with van der Waals surface area (Å²) < 4.78 is 16.0. The van der Waals surface area contributed by atoms with Crippen molar-refractivity contribution in [3.05, 3.63) is 101 Å². The van der Waals surface area contributed by atoms with Crippen LogP contribution in [-0.4, -0.2) is 42.8 Å². The summed E-state index contributed by atoms with van der Waals surface area (Å²) in [7, 11) is 2.87. The van der Waals surface area contributed by atoms with Crippen molar-refractivity contribution in [1.82, 2.24) is 0 Å². The predicted molar refractivity (Wildman–Crippen MR) is 139 cm³/mol. The van der Waals surface area contributed by atoms with Gasteiger partial charge in [-0.1, -0.05) is 30.3 Å². The molecule has 0 atom stereocenters. The van der Waals surface area contributed by atoms with Gasteiger partial charge in [0.1, 0.15) is 18.1 Å². The van der Waals surface area contributed by atoms with Gasteiger partial charge in [0, 0.05) is 22.4 Å². The highest BCUT2D eigenvalue weighted by molar-refractivity contribution is 7.99. The van der Waals surface area contributed by atoms with E-state index in [0.29, 0.717) is 28.4 Å². The Bertz CT molecular complexity index is 1250. The van der Waals surface area contributed by atoms with E-state index in [1.807, 2.05) is 24.3 Å². The molecule has 0 aromatic heterocycles. The van der Waals surface area contributed by atoms with E-state index in [1.54, 1.807) is 48.5 Å². The number of carbonyl (C=O) groups excluding carboxylic acids is 2. The number of para-hydroxylation sites is 1. The maximum Gasteiger partial charge on any atom is 0.337 e.